The molecule has 3 atom stereocenters. The van der Waals surface area contributed by atoms with Gasteiger partial charge in [-0.3, -0.25) is 0 Å². The molecule has 0 radical (unpaired) electrons. The topological polar surface area (TPSA) is 24.5 Å². The average molecular weight is 297 g/mol. The first-order valence-electron chi connectivity index (χ1n) is 7.40. The zero-order valence-corrected chi connectivity index (χ0v) is 13.6. The first-order chi connectivity index (χ1) is 9.51. The van der Waals surface area contributed by atoms with Gasteiger partial charge in [0, 0.05) is 24.3 Å². The lowest BCUT2D eigenvalue weighted by Crippen LogP contribution is -2.48. The molecule has 0 aromatic heterocycles. The van der Waals surface area contributed by atoms with Crippen molar-refractivity contribution in [3.63, 3.8) is 0 Å². The zero-order valence-electron chi connectivity index (χ0n) is 12.8. The van der Waals surface area contributed by atoms with Crippen LogP contribution in [0.5, 0.6) is 5.75 Å². The van der Waals surface area contributed by atoms with Gasteiger partial charge in [0.15, 0.2) is 0 Å². The molecule has 2 rings (SSSR count). The van der Waals surface area contributed by atoms with Crippen LogP contribution < -0.4 is 10.1 Å². The van der Waals surface area contributed by atoms with E-state index in [4.69, 9.17) is 16.3 Å². The Balaban J connectivity index is 2.04. The normalized spacial score (nSPS) is 27.4. The van der Waals surface area contributed by atoms with Gasteiger partial charge in [-0.25, -0.2) is 0 Å². The van der Waals surface area contributed by atoms with Crippen molar-refractivity contribution in [2.24, 2.45) is 5.92 Å². The summed E-state index contributed by atoms with van der Waals surface area (Å²) in [6, 6.07) is 7.06. The molecular weight excluding hydrogens is 272 g/mol. The van der Waals surface area contributed by atoms with Gasteiger partial charge >= 0.3 is 0 Å². The van der Waals surface area contributed by atoms with Crippen molar-refractivity contribution in [2.45, 2.75) is 39.3 Å². The Labute approximate surface area is 127 Å². The van der Waals surface area contributed by atoms with Crippen molar-refractivity contribution in [1.82, 2.24) is 4.90 Å². The highest BCUT2D eigenvalue weighted by Crippen LogP contribution is 2.30. The van der Waals surface area contributed by atoms with Crippen molar-refractivity contribution < 1.29 is 4.74 Å². The maximum atomic E-state index is 6.24. The number of hydrogen-bond acceptors (Lipinski definition) is 3. The van der Waals surface area contributed by atoms with Gasteiger partial charge in [-0.1, -0.05) is 18.5 Å². The van der Waals surface area contributed by atoms with Gasteiger partial charge in [-0.2, -0.15) is 0 Å². The van der Waals surface area contributed by atoms with Gasteiger partial charge in [0.2, 0.25) is 0 Å². The number of ether oxygens (including phenoxy) is 1. The fourth-order valence-electron chi connectivity index (χ4n) is 2.82. The Bertz CT molecular complexity index is 452. The van der Waals surface area contributed by atoms with Crippen molar-refractivity contribution in [1.29, 1.82) is 0 Å². The summed E-state index contributed by atoms with van der Waals surface area (Å²) in [5.41, 5.74) is 1.08. The van der Waals surface area contributed by atoms with E-state index < -0.39 is 0 Å². The molecule has 20 heavy (non-hydrogen) atoms. The van der Waals surface area contributed by atoms with Gasteiger partial charge in [0.1, 0.15) is 5.75 Å². The third-order valence-electron chi connectivity index (χ3n) is 4.19. The summed E-state index contributed by atoms with van der Waals surface area (Å²) in [5.74, 6) is 1.38. The van der Waals surface area contributed by atoms with E-state index in [1.807, 2.05) is 25.1 Å². The van der Waals surface area contributed by atoms with Crippen LogP contribution in [0.1, 0.15) is 27.2 Å². The van der Waals surface area contributed by atoms with Gasteiger partial charge in [-0.15, -0.1) is 0 Å². The Kier molecular flexibility index (Phi) is 5.17. The van der Waals surface area contributed by atoms with Crippen LogP contribution >= 0.6 is 11.6 Å². The smallest absolute Gasteiger partial charge is 0.138 e. The molecule has 3 unspecified atom stereocenters. The molecule has 1 heterocycles. The van der Waals surface area contributed by atoms with E-state index in [-0.39, 0.29) is 0 Å². The van der Waals surface area contributed by atoms with E-state index in [0.29, 0.717) is 29.6 Å². The molecule has 1 aromatic rings. The van der Waals surface area contributed by atoms with Crippen LogP contribution in [0.3, 0.4) is 0 Å². The highest BCUT2D eigenvalue weighted by Gasteiger charge is 2.28. The summed E-state index contributed by atoms with van der Waals surface area (Å²) in [6.45, 7) is 8.31. The Hall–Kier alpha value is -0.930. The number of anilines is 1. The number of piperidine rings is 1. The second-order valence-electron chi connectivity index (χ2n) is 5.83. The highest BCUT2D eigenvalue weighted by molar-refractivity contribution is 6.32. The second-order valence-corrected chi connectivity index (χ2v) is 6.24. The third-order valence-corrected chi connectivity index (χ3v) is 4.49. The molecule has 0 amide bonds. The van der Waals surface area contributed by atoms with Crippen LogP contribution in [0.4, 0.5) is 5.69 Å². The lowest BCUT2D eigenvalue weighted by Gasteiger charge is -2.40. The number of hydrogen-bond donors (Lipinski definition) is 1. The number of nitrogens with one attached hydrogen (secondary N) is 1. The van der Waals surface area contributed by atoms with E-state index in [9.17, 15) is 0 Å². The summed E-state index contributed by atoms with van der Waals surface area (Å²) in [7, 11) is 2.20. The van der Waals surface area contributed by atoms with Crippen LogP contribution in [-0.4, -0.2) is 37.2 Å². The molecule has 1 aromatic carbocycles. The van der Waals surface area contributed by atoms with Gasteiger partial charge in [0.05, 0.1) is 11.6 Å². The van der Waals surface area contributed by atoms with Gasteiger partial charge < -0.3 is 15.0 Å². The van der Waals surface area contributed by atoms with E-state index in [1.54, 1.807) is 0 Å². The second kappa shape index (κ2) is 6.68. The van der Waals surface area contributed by atoms with Crippen LogP contribution in [0.15, 0.2) is 18.2 Å². The fourth-order valence-corrected chi connectivity index (χ4v) is 3.05. The predicted octanol–water partition coefficient (Wildman–Crippen LogP) is 3.88. The Morgan fingerprint density at radius 1 is 1.40 bits per heavy atom. The largest absolute Gasteiger partial charge is 0.492 e. The van der Waals surface area contributed by atoms with E-state index in [2.05, 4.69) is 31.1 Å². The molecule has 1 aliphatic rings. The summed E-state index contributed by atoms with van der Waals surface area (Å²) in [6.07, 6.45) is 1.16. The molecule has 0 bridgehead atoms. The minimum Gasteiger partial charge on any atom is -0.492 e. The average Bonchev–Trinajstić information content (AvgIpc) is 2.39. The molecule has 4 heteroatoms. The highest BCUT2D eigenvalue weighted by atomic mass is 35.5. The number of halogens is 1. The van der Waals surface area contributed by atoms with Gasteiger partial charge in [-0.05, 0) is 51.4 Å². The zero-order chi connectivity index (χ0) is 14.7. The monoisotopic (exact) mass is 296 g/mol. The predicted molar refractivity (Wildman–Crippen MR) is 85.9 cm³/mol. The molecule has 0 aliphatic carbocycles. The Morgan fingerprint density at radius 2 is 2.15 bits per heavy atom. The quantitative estimate of drug-likeness (QED) is 0.912. The summed E-state index contributed by atoms with van der Waals surface area (Å²) in [5, 5.41) is 4.30. The minimum absolute atomic E-state index is 0.496. The van der Waals surface area contributed by atoms with Crippen molar-refractivity contribution in [3.8, 4) is 5.75 Å². The molecule has 0 saturated carbocycles. The summed E-state index contributed by atoms with van der Waals surface area (Å²) >= 11 is 6.24. The van der Waals surface area contributed by atoms with Crippen molar-refractivity contribution >= 4 is 17.3 Å². The summed E-state index contributed by atoms with van der Waals surface area (Å²) < 4.78 is 5.47. The lowest BCUT2D eigenvalue weighted by atomic mass is 9.89. The number of rotatable bonds is 4. The lowest BCUT2D eigenvalue weighted by molar-refractivity contribution is 0.145. The first-order valence-corrected chi connectivity index (χ1v) is 7.78. The number of benzene rings is 1. The maximum Gasteiger partial charge on any atom is 0.138 e. The Morgan fingerprint density at radius 3 is 2.80 bits per heavy atom. The standard InChI is InChI=1S/C16H25ClN2O/c1-5-20-16-7-6-13(9-14(16)17)18-15-8-12(3)19(4)10-11(15)2/h6-7,9,11-12,15,18H,5,8,10H2,1-4H3. The van der Waals surface area contributed by atoms with E-state index >= 15 is 0 Å². The molecule has 0 spiro atoms. The van der Waals surface area contributed by atoms with E-state index in [0.717, 1.165) is 24.4 Å². The van der Waals surface area contributed by atoms with Gasteiger partial charge in [0.25, 0.3) is 0 Å². The third kappa shape index (κ3) is 3.58. The van der Waals surface area contributed by atoms with Crippen molar-refractivity contribution in [2.75, 3.05) is 25.5 Å². The minimum atomic E-state index is 0.496. The molecule has 112 valence electrons. The number of likely N-dealkylation sites (tertiary alicyclic amines) is 1. The molecule has 1 fully saturated rings. The van der Waals surface area contributed by atoms with Crippen molar-refractivity contribution in [3.05, 3.63) is 23.2 Å². The molecule has 1 N–H and O–H groups in total. The van der Waals surface area contributed by atoms with Crippen LogP contribution in [0.25, 0.3) is 0 Å². The summed E-state index contributed by atoms with van der Waals surface area (Å²) in [4.78, 5) is 2.42. The van der Waals surface area contributed by atoms with E-state index in [1.165, 1.54) is 0 Å². The maximum absolute atomic E-state index is 6.24. The van der Waals surface area contributed by atoms with Crippen LogP contribution in [-0.2, 0) is 0 Å². The SMILES string of the molecule is CCOc1ccc(NC2CC(C)N(C)CC2C)cc1Cl. The molecule has 1 aliphatic heterocycles. The molecule has 3 nitrogen and oxygen atoms in total. The molecule has 1 saturated heterocycles. The first kappa shape index (κ1) is 15.5. The van der Waals surface area contributed by atoms with Crippen LogP contribution in [0.2, 0.25) is 5.02 Å². The number of nitrogens with zero attached hydrogens (tertiary/aromatic N) is 1. The molecular formula is C16H25ClN2O. The van der Waals surface area contributed by atoms with Crippen LogP contribution in [0, 0.1) is 5.92 Å². The fraction of sp³-hybridized carbons (Fsp3) is 0.625.